The van der Waals surface area contributed by atoms with Crippen molar-refractivity contribution in [1.82, 2.24) is 10.3 Å². The lowest BCUT2D eigenvalue weighted by Gasteiger charge is -2.14. The summed E-state index contributed by atoms with van der Waals surface area (Å²) in [5, 5.41) is 2.14. The van der Waals surface area contributed by atoms with Crippen molar-refractivity contribution in [2.75, 3.05) is 6.61 Å². The maximum Gasteiger partial charge on any atom is 0.359 e. The van der Waals surface area contributed by atoms with Gasteiger partial charge in [-0.1, -0.05) is 76.7 Å². The Hall–Kier alpha value is -1.53. The molecular formula is C16H12Cl4N2O3. The number of halogens is 4. The number of hydrogen-bond donors (Lipinski definition) is 1. The van der Waals surface area contributed by atoms with Crippen LogP contribution in [-0.2, 0) is 9.53 Å². The van der Waals surface area contributed by atoms with Crippen LogP contribution in [0.15, 0.2) is 30.3 Å². The monoisotopic (exact) mass is 420 g/mol. The molecule has 0 unspecified atom stereocenters. The number of carbonyl (C=O) groups is 2. The van der Waals surface area contributed by atoms with Gasteiger partial charge in [0.25, 0.3) is 5.91 Å². The summed E-state index contributed by atoms with van der Waals surface area (Å²) in [5.74, 6) is -1.42. The second kappa shape index (κ2) is 8.72. The number of ether oxygens (including phenoxy) is 1. The van der Waals surface area contributed by atoms with Gasteiger partial charge in [-0.15, -0.1) is 0 Å². The predicted molar refractivity (Wildman–Crippen MR) is 97.6 cm³/mol. The molecule has 5 nitrogen and oxygen atoms in total. The fourth-order valence-electron chi connectivity index (χ4n) is 1.93. The molecule has 25 heavy (non-hydrogen) atoms. The van der Waals surface area contributed by atoms with E-state index in [1.54, 1.807) is 0 Å². The number of esters is 1. The van der Waals surface area contributed by atoms with Crippen molar-refractivity contribution in [3.8, 4) is 0 Å². The standard InChI is InChI=1S/C16H12Cl4N2O3/c1-8(9-5-3-2-4-6-9)21-10(23)7-25-16(24)14-12(18)11(17)13(19)15(20)22-14/h2-6,8H,7H2,1H3,(H,21,23)/t8-/m1/s1. The Kier molecular flexibility index (Phi) is 6.90. The number of rotatable bonds is 5. The summed E-state index contributed by atoms with van der Waals surface area (Å²) < 4.78 is 4.90. The first kappa shape index (κ1) is 19.8. The molecular weight excluding hydrogens is 410 g/mol. The van der Waals surface area contributed by atoms with Gasteiger partial charge in [0.15, 0.2) is 12.3 Å². The average Bonchev–Trinajstić information content (AvgIpc) is 2.61. The first-order chi connectivity index (χ1) is 11.8. The predicted octanol–water partition coefficient (Wildman–Crippen LogP) is 4.73. The minimum Gasteiger partial charge on any atom is -0.451 e. The van der Waals surface area contributed by atoms with Gasteiger partial charge in [-0.2, -0.15) is 0 Å². The zero-order valence-corrected chi connectivity index (χ0v) is 15.9. The number of nitrogens with one attached hydrogen (secondary N) is 1. The van der Waals surface area contributed by atoms with Gasteiger partial charge < -0.3 is 10.1 Å². The first-order valence-electron chi connectivity index (χ1n) is 7.02. The van der Waals surface area contributed by atoms with Gasteiger partial charge in [0.1, 0.15) is 5.15 Å². The lowest BCUT2D eigenvalue weighted by molar-refractivity contribution is -0.124. The van der Waals surface area contributed by atoms with Crippen LogP contribution in [0.2, 0.25) is 20.2 Å². The summed E-state index contributed by atoms with van der Waals surface area (Å²) in [6.45, 7) is 1.30. The maximum absolute atomic E-state index is 12.0. The van der Waals surface area contributed by atoms with Crippen LogP contribution in [0.4, 0.5) is 0 Å². The van der Waals surface area contributed by atoms with E-state index in [1.165, 1.54) is 0 Å². The van der Waals surface area contributed by atoms with Gasteiger partial charge in [-0.05, 0) is 12.5 Å². The normalized spacial score (nSPS) is 11.7. The molecule has 2 rings (SSSR count). The van der Waals surface area contributed by atoms with E-state index in [0.29, 0.717) is 0 Å². The van der Waals surface area contributed by atoms with Gasteiger partial charge in [0.05, 0.1) is 21.1 Å². The van der Waals surface area contributed by atoms with Gasteiger partial charge in [0.2, 0.25) is 0 Å². The second-order valence-electron chi connectivity index (χ2n) is 4.97. The van der Waals surface area contributed by atoms with Crippen LogP contribution in [-0.4, -0.2) is 23.5 Å². The molecule has 1 N–H and O–H groups in total. The molecule has 0 bridgehead atoms. The van der Waals surface area contributed by atoms with E-state index in [2.05, 4.69) is 10.3 Å². The van der Waals surface area contributed by atoms with Crippen molar-refractivity contribution in [2.45, 2.75) is 13.0 Å². The van der Waals surface area contributed by atoms with E-state index in [0.717, 1.165) is 5.56 Å². The number of aromatic nitrogens is 1. The first-order valence-corrected chi connectivity index (χ1v) is 8.53. The number of pyridine rings is 1. The summed E-state index contributed by atoms with van der Waals surface area (Å²) in [5.41, 5.74) is 0.605. The minimum absolute atomic E-state index is 0.0701. The topological polar surface area (TPSA) is 68.3 Å². The Labute approximate surface area is 164 Å². The maximum atomic E-state index is 12.0. The Bertz CT molecular complexity index is 800. The van der Waals surface area contributed by atoms with Gasteiger partial charge in [-0.3, -0.25) is 4.79 Å². The lowest BCUT2D eigenvalue weighted by atomic mass is 10.1. The molecule has 132 valence electrons. The molecule has 1 aromatic carbocycles. The van der Waals surface area contributed by atoms with Crippen LogP contribution >= 0.6 is 46.4 Å². The summed E-state index contributed by atoms with van der Waals surface area (Å²) >= 11 is 23.3. The Morgan fingerprint density at radius 2 is 1.72 bits per heavy atom. The highest BCUT2D eigenvalue weighted by molar-refractivity contribution is 6.52. The number of amides is 1. The highest BCUT2D eigenvalue weighted by Crippen LogP contribution is 2.36. The Balaban J connectivity index is 1.97. The van der Waals surface area contributed by atoms with E-state index in [1.807, 2.05) is 37.3 Å². The van der Waals surface area contributed by atoms with E-state index >= 15 is 0 Å². The van der Waals surface area contributed by atoms with Gasteiger partial charge in [-0.25, -0.2) is 9.78 Å². The number of carbonyl (C=O) groups excluding carboxylic acids is 2. The lowest BCUT2D eigenvalue weighted by Crippen LogP contribution is -2.31. The van der Waals surface area contributed by atoms with Crippen molar-refractivity contribution < 1.29 is 14.3 Å². The average molecular weight is 422 g/mol. The van der Waals surface area contributed by atoms with Gasteiger partial charge in [0, 0.05) is 0 Å². The molecule has 1 aromatic heterocycles. The number of benzene rings is 1. The summed E-state index contributed by atoms with van der Waals surface area (Å²) in [7, 11) is 0. The molecule has 0 aliphatic heterocycles. The van der Waals surface area contributed by atoms with Crippen LogP contribution in [0, 0.1) is 0 Å². The third-order valence-electron chi connectivity index (χ3n) is 3.19. The van der Waals surface area contributed by atoms with E-state index < -0.39 is 18.5 Å². The number of nitrogens with zero attached hydrogens (tertiary/aromatic N) is 1. The summed E-state index contributed by atoms with van der Waals surface area (Å²) in [6, 6.07) is 9.10. The summed E-state index contributed by atoms with van der Waals surface area (Å²) in [6.07, 6.45) is 0. The minimum atomic E-state index is -0.937. The van der Waals surface area contributed by atoms with Crippen molar-refractivity contribution >= 4 is 58.3 Å². The molecule has 0 spiro atoms. The molecule has 0 fully saturated rings. The number of hydrogen-bond acceptors (Lipinski definition) is 4. The summed E-state index contributed by atoms with van der Waals surface area (Å²) in [4.78, 5) is 27.7. The third kappa shape index (κ3) is 4.98. The van der Waals surface area contributed by atoms with Crippen molar-refractivity contribution in [3.05, 3.63) is 61.8 Å². The molecule has 1 amide bonds. The van der Waals surface area contributed by atoms with Crippen molar-refractivity contribution in [2.24, 2.45) is 0 Å². The fraction of sp³-hybridized carbons (Fsp3) is 0.188. The molecule has 1 heterocycles. The second-order valence-corrected chi connectivity index (χ2v) is 6.46. The smallest absolute Gasteiger partial charge is 0.359 e. The van der Waals surface area contributed by atoms with Gasteiger partial charge >= 0.3 is 5.97 Å². The van der Waals surface area contributed by atoms with Crippen LogP contribution in [0.5, 0.6) is 0 Å². The Morgan fingerprint density at radius 1 is 1.08 bits per heavy atom. The SMILES string of the molecule is C[C@@H](NC(=O)COC(=O)c1nc(Cl)c(Cl)c(Cl)c1Cl)c1ccccc1. The highest BCUT2D eigenvalue weighted by Gasteiger charge is 2.22. The van der Waals surface area contributed by atoms with E-state index in [-0.39, 0.29) is 32.0 Å². The van der Waals surface area contributed by atoms with Crippen LogP contribution in [0.3, 0.4) is 0 Å². The van der Waals surface area contributed by atoms with E-state index in [9.17, 15) is 9.59 Å². The zero-order chi connectivity index (χ0) is 18.6. The van der Waals surface area contributed by atoms with Crippen LogP contribution < -0.4 is 5.32 Å². The zero-order valence-electron chi connectivity index (χ0n) is 12.9. The molecule has 0 aliphatic carbocycles. The fourth-order valence-corrected chi connectivity index (χ4v) is 2.74. The third-order valence-corrected chi connectivity index (χ3v) is 4.87. The van der Waals surface area contributed by atoms with Crippen LogP contribution in [0.1, 0.15) is 29.0 Å². The molecule has 0 saturated carbocycles. The molecule has 0 radical (unpaired) electrons. The largest absolute Gasteiger partial charge is 0.451 e. The molecule has 2 aromatic rings. The van der Waals surface area contributed by atoms with Crippen molar-refractivity contribution in [3.63, 3.8) is 0 Å². The van der Waals surface area contributed by atoms with Crippen LogP contribution in [0.25, 0.3) is 0 Å². The molecule has 0 saturated heterocycles. The highest BCUT2D eigenvalue weighted by atomic mass is 35.5. The van der Waals surface area contributed by atoms with Crippen molar-refractivity contribution in [1.29, 1.82) is 0 Å². The quantitative estimate of drug-likeness (QED) is 0.559. The molecule has 0 aliphatic rings. The molecule has 1 atom stereocenters. The molecule has 9 heteroatoms. The van der Waals surface area contributed by atoms with E-state index in [4.69, 9.17) is 51.1 Å². The Morgan fingerprint density at radius 3 is 2.36 bits per heavy atom.